The van der Waals surface area contributed by atoms with E-state index in [4.69, 9.17) is 24.2 Å². The number of rotatable bonds is 7. The standard InChI is InChI=1S/C38H50N6O9S.Na/c1-6-22-19-38(22,35(47)43-54(49,50)25-13-14-25)42-32(45)29-18-24-20-44(29)34(46)31(37(2,3)4)41-36(48)53-30-16-21(30)10-8-7-9-11-27-33(52-24)40-28-17-23(51-5)12-15-26(28)39-27;/h6,12,15,17,21-22,24-25,29-31H,1,7-11,13-14,16,18-20H2,2-5H3,(H3,41,42,43,45,47,48);/q;+1/p-1. The van der Waals surface area contributed by atoms with Crippen molar-refractivity contribution in [3.05, 3.63) is 41.3 Å². The van der Waals surface area contributed by atoms with Crippen LogP contribution in [-0.4, -0.2) is 95.8 Å². The van der Waals surface area contributed by atoms with E-state index in [1.165, 1.54) is 11.0 Å². The van der Waals surface area contributed by atoms with Crippen molar-refractivity contribution in [3.63, 3.8) is 0 Å². The maximum absolute atomic E-state index is 14.6. The predicted molar refractivity (Wildman–Crippen MR) is 197 cm³/mol. The molecule has 3 heterocycles. The SMILES string of the molecule is C=CC1CC1(NC(=O)C1CC2CN1C(=O)C(C(C)(C)C)NC(=O)OC1CC1CCCCCc1nc3ccc(OC)cc3nc1O2)C(=O)[N-]S(=O)(=O)C1CC1.[Na+]. The van der Waals surface area contributed by atoms with E-state index in [0.717, 1.165) is 32.1 Å². The van der Waals surface area contributed by atoms with Crippen LogP contribution in [0.4, 0.5) is 4.79 Å². The first-order chi connectivity index (χ1) is 25.6. The van der Waals surface area contributed by atoms with Crippen LogP contribution in [0.3, 0.4) is 0 Å². The predicted octanol–water partition coefficient (Wildman–Crippen LogP) is 1.09. The normalized spacial score (nSPS) is 29.7. The van der Waals surface area contributed by atoms with Crippen LogP contribution in [0.15, 0.2) is 30.9 Å². The molecular formula is C38H49N6NaO9S. The maximum atomic E-state index is 14.6. The van der Waals surface area contributed by atoms with Crippen molar-refractivity contribution < 1.29 is 71.4 Å². The number of aromatic nitrogens is 2. The van der Waals surface area contributed by atoms with Crippen molar-refractivity contribution in [1.82, 2.24) is 25.5 Å². The van der Waals surface area contributed by atoms with Gasteiger partial charge in [-0.2, -0.15) is 0 Å². The van der Waals surface area contributed by atoms with E-state index >= 15 is 0 Å². The summed E-state index contributed by atoms with van der Waals surface area (Å²) in [6, 6.07) is 3.17. The zero-order chi connectivity index (χ0) is 38.6. The minimum atomic E-state index is -4.03. The Morgan fingerprint density at radius 2 is 1.85 bits per heavy atom. The Bertz CT molecular complexity index is 1970. The zero-order valence-electron chi connectivity index (χ0n) is 32.2. The Kier molecular flexibility index (Phi) is 11.8. The minimum absolute atomic E-state index is 0. The van der Waals surface area contributed by atoms with Crippen molar-refractivity contribution in [2.24, 2.45) is 17.3 Å². The second kappa shape index (κ2) is 15.8. The fraction of sp³-hybridized carbons (Fsp3) is 0.632. The first kappa shape index (κ1) is 41.2. The summed E-state index contributed by atoms with van der Waals surface area (Å²) >= 11 is 0. The second-order valence-corrected chi connectivity index (χ2v) is 18.3. The molecule has 0 spiro atoms. The van der Waals surface area contributed by atoms with Gasteiger partial charge in [0.1, 0.15) is 35.7 Å². The molecule has 2 N–H and O–H groups in total. The average molecular weight is 789 g/mol. The van der Waals surface area contributed by atoms with Gasteiger partial charge in [0.2, 0.25) is 17.7 Å². The van der Waals surface area contributed by atoms with Gasteiger partial charge in [-0.05, 0) is 68.4 Å². The van der Waals surface area contributed by atoms with E-state index in [1.807, 2.05) is 12.1 Å². The van der Waals surface area contributed by atoms with Gasteiger partial charge in [-0.3, -0.25) is 9.59 Å². The fourth-order valence-corrected chi connectivity index (χ4v) is 8.85. The Morgan fingerprint density at radius 3 is 2.53 bits per heavy atom. The molecular weight excluding hydrogens is 740 g/mol. The molecule has 7 atom stereocenters. The number of aryl methyl sites for hydroxylation is 1. The largest absolute Gasteiger partial charge is 1.00 e. The fourth-order valence-electron chi connectivity index (χ4n) is 7.58. The van der Waals surface area contributed by atoms with E-state index in [2.05, 4.69) is 21.9 Å². The van der Waals surface area contributed by atoms with E-state index in [9.17, 15) is 27.6 Å². The molecule has 1 aromatic carbocycles. The summed E-state index contributed by atoms with van der Waals surface area (Å²) in [7, 11) is -2.46. The summed E-state index contributed by atoms with van der Waals surface area (Å²) in [6.07, 6.45) is 5.77. The summed E-state index contributed by atoms with van der Waals surface area (Å²) in [5.74, 6) is -1.59. The molecule has 55 heavy (non-hydrogen) atoms. The quantitative estimate of drug-likeness (QED) is 0.301. The number of nitrogens with zero attached hydrogens (tertiary/aromatic N) is 4. The molecule has 15 nitrogen and oxygen atoms in total. The van der Waals surface area contributed by atoms with E-state index in [0.29, 0.717) is 41.7 Å². The Balaban J connectivity index is 0.00000514. The molecule has 2 aromatic rings. The molecule has 5 aliphatic rings. The third-order valence-electron chi connectivity index (χ3n) is 11.2. The van der Waals surface area contributed by atoms with Gasteiger partial charge in [0.25, 0.3) is 0 Å². The number of hydrogen-bond donors (Lipinski definition) is 2. The maximum Gasteiger partial charge on any atom is 1.00 e. The van der Waals surface area contributed by atoms with Crippen LogP contribution in [0.1, 0.15) is 84.3 Å². The van der Waals surface area contributed by atoms with Gasteiger partial charge in [0, 0.05) is 23.7 Å². The summed E-state index contributed by atoms with van der Waals surface area (Å²) < 4.78 is 46.6. The number of ether oxygens (including phenoxy) is 3. The van der Waals surface area contributed by atoms with Crippen molar-refractivity contribution >= 4 is 44.9 Å². The van der Waals surface area contributed by atoms with Crippen LogP contribution in [0.2, 0.25) is 0 Å². The van der Waals surface area contributed by atoms with Crippen molar-refractivity contribution in [3.8, 4) is 11.6 Å². The summed E-state index contributed by atoms with van der Waals surface area (Å²) in [6.45, 7) is 9.14. The van der Waals surface area contributed by atoms with Gasteiger partial charge in [-0.1, -0.05) is 39.7 Å². The number of hydrogen-bond acceptors (Lipinski definition) is 11. The van der Waals surface area contributed by atoms with Crippen LogP contribution < -0.4 is 49.7 Å². The van der Waals surface area contributed by atoms with E-state index in [1.54, 1.807) is 33.9 Å². The van der Waals surface area contributed by atoms with Crippen LogP contribution in [0, 0.1) is 17.3 Å². The molecule has 3 aliphatic carbocycles. The van der Waals surface area contributed by atoms with Crippen LogP contribution in [0.5, 0.6) is 11.6 Å². The van der Waals surface area contributed by atoms with Crippen LogP contribution in [-0.2, 0) is 35.6 Å². The van der Waals surface area contributed by atoms with Crippen LogP contribution >= 0.6 is 0 Å². The van der Waals surface area contributed by atoms with Gasteiger partial charge in [-0.25, -0.2) is 23.2 Å². The average Bonchev–Trinajstić information content (AvgIpc) is 4.04. The van der Waals surface area contributed by atoms with Gasteiger partial charge in [-0.15, -0.1) is 6.58 Å². The topological polar surface area (TPSA) is 197 Å². The summed E-state index contributed by atoms with van der Waals surface area (Å²) in [4.78, 5) is 66.7. The second-order valence-electron chi connectivity index (χ2n) is 16.4. The Hall–Kier alpha value is -3.47. The molecule has 2 aliphatic heterocycles. The molecule has 0 radical (unpaired) electrons. The molecule has 3 saturated carbocycles. The Morgan fingerprint density at radius 1 is 1.09 bits per heavy atom. The molecule has 4 amide bonds. The molecule has 17 heteroatoms. The summed E-state index contributed by atoms with van der Waals surface area (Å²) in [5, 5.41) is 4.87. The molecule has 1 saturated heterocycles. The minimum Gasteiger partial charge on any atom is -0.544 e. The molecule has 1 aromatic heterocycles. The van der Waals surface area contributed by atoms with Crippen molar-refractivity contribution in [1.29, 1.82) is 0 Å². The Labute approximate surface area is 343 Å². The first-order valence-corrected chi connectivity index (χ1v) is 20.4. The molecule has 4 fully saturated rings. The molecule has 7 unspecified atom stereocenters. The molecule has 292 valence electrons. The zero-order valence-corrected chi connectivity index (χ0v) is 35.0. The van der Waals surface area contributed by atoms with Gasteiger partial charge in [0.05, 0.1) is 46.2 Å². The van der Waals surface area contributed by atoms with Crippen molar-refractivity contribution in [2.75, 3.05) is 13.7 Å². The summed E-state index contributed by atoms with van der Waals surface area (Å²) in [5.41, 5.74) is -0.522. The van der Waals surface area contributed by atoms with Gasteiger partial charge in [0.15, 0.2) is 0 Å². The number of benzene rings is 1. The number of fused-ring (bicyclic) bond motifs is 5. The van der Waals surface area contributed by atoms with Crippen LogP contribution in [0.25, 0.3) is 15.8 Å². The molecule has 2 bridgehead atoms. The van der Waals surface area contributed by atoms with E-state index < -0.39 is 74.1 Å². The monoisotopic (exact) mass is 788 g/mol. The number of sulfonamides is 1. The smallest absolute Gasteiger partial charge is 0.544 e. The number of methoxy groups -OCH3 is 1. The van der Waals surface area contributed by atoms with Gasteiger partial charge < -0.3 is 39.3 Å². The van der Waals surface area contributed by atoms with Crippen molar-refractivity contribution in [2.45, 2.75) is 120 Å². The number of amides is 4. The number of alkyl carbamates (subject to hydrolysis) is 1. The third-order valence-corrected chi connectivity index (χ3v) is 12.9. The molecule has 7 rings (SSSR count). The first-order valence-electron chi connectivity index (χ1n) is 18.9. The van der Waals surface area contributed by atoms with E-state index in [-0.39, 0.29) is 66.8 Å². The van der Waals surface area contributed by atoms with Gasteiger partial charge >= 0.3 is 35.7 Å². The number of carbonyl (C=O) groups is 4. The number of nitrogens with one attached hydrogen (secondary N) is 2. The third kappa shape index (κ3) is 8.92. The number of carbonyl (C=O) groups excluding carboxylic acids is 4.